The number of aromatic hydroxyl groups is 2. The number of phenols is 2. The molecule has 0 atom stereocenters. The van der Waals surface area contributed by atoms with Crippen molar-refractivity contribution in [3.63, 3.8) is 0 Å². The SMILES string of the molecule is O=[N+]([O-])c1ccc2nn(-c3cc(O)c(Cl)cc3O)cc2c1. The highest BCUT2D eigenvalue weighted by Crippen LogP contribution is 2.33. The van der Waals surface area contributed by atoms with Crippen molar-refractivity contribution in [2.24, 2.45) is 0 Å². The molecule has 0 aliphatic rings. The third kappa shape index (κ3) is 2.23. The van der Waals surface area contributed by atoms with E-state index in [1.807, 2.05) is 0 Å². The van der Waals surface area contributed by atoms with Gasteiger partial charge in [0, 0.05) is 35.8 Å². The second-order valence-corrected chi connectivity index (χ2v) is 4.77. The van der Waals surface area contributed by atoms with Gasteiger partial charge < -0.3 is 10.2 Å². The number of rotatable bonds is 2. The summed E-state index contributed by atoms with van der Waals surface area (Å²) in [5, 5.41) is 35.0. The molecule has 0 amide bonds. The van der Waals surface area contributed by atoms with E-state index < -0.39 is 4.92 Å². The zero-order chi connectivity index (χ0) is 15.1. The Bertz CT molecular complexity index is 875. The Balaban J connectivity index is 2.17. The number of halogens is 1. The number of non-ortho nitro benzene ring substituents is 1. The second kappa shape index (κ2) is 4.64. The van der Waals surface area contributed by atoms with E-state index in [0.29, 0.717) is 10.9 Å². The van der Waals surface area contributed by atoms with Crippen LogP contribution in [-0.2, 0) is 0 Å². The first-order valence-corrected chi connectivity index (χ1v) is 6.19. The van der Waals surface area contributed by atoms with E-state index in [2.05, 4.69) is 5.10 Å². The summed E-state index contributed by atoms with van der Waals surface area (Å²) in [6.45, 7) is 0. The Morgan fingerprint density at radius 3 is 2.67 bits per heavy atom. The van der Waals surface area contributed by atoms with E-state index in [9.17, 15) is 20.3 Å². The van der Waals surface area contributed by atoms with Crippen molar-refractivity contribution in [2.45, 2.75) is 0 Å². The van der Waals surface area contributed by atoms with Crippen LogP contribution in [0.1, 0.15) is 0 Å². The van der Waals surface area contributed by atoms with Gasteiger partial charge >= 0.3 is 0 Å². The maximum absolute atomic E-state index is 10.7. The zero-order valence-electron chi connectivity index (χ0n) is 10.4. The monoisotopic (exact) mass is 305 g/mol. The van der Waals surface area contributed by atoms with Gasteiger partial charge in [0.15, 0.2) is 0 Å². The van der Waals surface area contributed by atoms with Gasteiger partial charge in [-0.15, -0.1) is 0 Å². The number of hydrogen-bond donors (Lipinski definition) is 2. The quantitative estimate of drug-likeness (QED) is 0.430. The van der Waals surface area contributed by atoms with Crippen LogP contribution >= 0.6 is 11.6 Å². The van der Waals surface area contributed by atoms with E-state index in [1.165, 1.54) is 41.2 Å². The van der Waals surface area contributed by atoms with Gasteiger partial charge in [-0.2, -0.15) is 5.10 Å². The van der Waals surface area contributed by atoms with Crippen LogP contribution in [0.5, 0.6) is 11.5 Å². The predicted octanol–water partition coefficient (Wildman–Crippen LogP) is 3.00. The number of nitrogens with zero attached hydrogens (tertiary/aromatic N) is 3. The van der Waals surface area contributed by atoms with Crippen LogP contribution in [0, 0.1) is 10.1 Å². The molecule has 0 spiro atoms. The third-order valence-electron chi connectivity index (χ3n) is 2.99. The average molecular weight is 306 g/mol. The van der Waals surface area contributed by atoms with Crippen LogP contribution in [0.3, 0.4) is 0 Å². The van der Waals surface area contributed by atoms with Crippen LogP contribution < -0.4 is 0 Å². The Morgan fingerprint density at radius 2 is 1.95 bits per heavy atom. The first-order chi connectivity index (χ1) is 9.95. The molecule has 1 aromatic heterocycles. The lowest BCUT2D eigenvalue weighted by Crippen LogP contribution is -1.94. The number of aromatic nitrogens is 2. The van der Waals surface area contributed by atoms with Gasteiger partial charge in [-0.3, -0.25) is 10.1 Å². The summed E-state index contributed by atoms with van der Waals surface area (Å²) < 4.78 is 1.32. The van der Waals surface area contributed by atoms with Gasteiger partial charge in [0.25, 0.3) is 5.69 Å². The first kappa shape index (κ1) is 13.2. The molecule has 0 unspecified atom stereocenters. The van der Waals surface area contributed by atoms with Crippen molar-refractivity contribution in [3.8, 4) is 17.2 Å². The maximum atomic E-state index is 10.7. The Morgan fingerprint density at radius 1 is 1.19 bits per heavy atom. The maximum Gasteiger partial charge on any atom is 0.270 e. The molecule has 0 fully saturated rings. The van der Waals surface area contributed by atoms with Crippen molar-refractivity contribution in [1.29, 1.82) is 0 Å². The molecule has 3 aromatic rings. The minimum absolute atomic E-state index is 0.0172. The molecule has 0 saturated carbocycles. The molecule has 3 rings (SSSR count). The van der Waals surface area contributed by atoms with Crippen LogP contribution in [0.15, 0.2) is 36.5 Å². The first-order valence-electron chi connectivity index (χ1n) is 5.81. The van der Waals surface area contributed by atoms with Crippen molar-refractivity contribution in [3.05, 3.63) is 51.7 Å². The van der Waals surface area contributed by atoms with Crippen LogP contribution in [0.4, 0.5) is 5.69 Å². The number of phenolic OH excluding ortho intramolecular Hbond substituents is 2. The van der Waals surface area contributed by atoms with Gasteiger partial charge in [-0.05, 0) is 6.07 Å². The normalized spacial score (nSPS) is 10.9. The lowest BCUT2D eigenvalue weighted by atomic mass is 10.2. The van der Waals surface area contributed by atoms with E-state index >= 15 is 0 Å². The van der Waals surface area contributed by atoms with E-state index in [-0.39, 0.29) is 27.9 Å². The molecule has 0 bridgehead atoms. The van der Waals surface area contributed by atoms with Gasteiger partial charge in [0.1, 0.15) is 17.2 Å². The highest BCUT2D eigenvalue weighted by molar-refractivity contribution is 6.32. The fourth-order valence-corrected chi connectivity index (χ4v) is 2.13. The molecular formula is C13H8ClN3O4. The topological polar surface area (TPSA) is 101 Å². The number of nitro benzene ring substituents is 1. The summed E-state index contributed by atoms with van der Waals surface area (Å²) in [6, 6.07) is 6.69. The lowest BCUT2D eigenvalue weighted by molar-refractivity contribution is -0.384. The van der Waals surface area contributed by atoms with Crippen molar-refractivity contribution in [2.75, 3.05) is 0 Å². The summed E-state index contributed by atoms with van der Waals surface area (Å²) in [5.74, 6) is -0.366. The van der Waals surface area contributed by atoms with Crippen molar-refractivity contribution < 1.29 is 15.1 Å². The molecule has 21 heavy (non-hydrogen) atoms. The smallest absolute Gasteiger partial charge is 0.270 e. The van der Waals surface area contributed by atoms with Crippen LogP contribution in [-0.4, -0.2) is 24.9 Å². The highest BCUT2D eigenvalue weighted by atomic mass is 35.5. The Kier molecular flexibility index (Phi) is 2.91. The summed E-state index contributed by atoms with van der Waals surface area (Å²) in [7, 11) is 0. The molecule has 106 valence electrons. The van der Waals surface area contributed by atoms with Gasteiger partial charge in [-0.1, -0.05) is 11.6 Å². The Hall–Kier alpha value is -2.80. The van der Waals surface area contributed by atoms with E-state index in [4.69, 9.17) is 11.6 Å². The standard InChI is InChI=1S/C13H8ClN3O4/c14-9-4-13(19)11(5-12(9)18)16-6-7-3-8(17(20)21)1-2-10(7)15-16/h1-6,18-19H. The van der Waals surface area contributed by atoms with E-state index in [1.54, 1.807) is 0 Å². The largest absolute Gasteiger partial charge is 0.506 e. The van der Waals surface area contributed by atoms with Gasteiger partial charge in [0.2, 0.25) is 0 Å². The van der Waals surface area contributed by atoms with Crippen molar-refractivity contribution >= 4 is 28.2 Å². The minimum atomic E-state index is -0.498. The third-order valence-corrected chi connectivity index (χ3v) is 3.29. The summed E-state index contributed by atoms with van der Waals surface area (Å²) >= 11 is 5.69. The Labute approximate surface area is 122 Å². The molecular weight excluding hydrogens is 298 g/mol. The summed E-state index contributed by atoms with van der Waals surface area (Å²) in [4.78, 5) is 10.3. The molecule has 0 radical (unpaired) electrons. The number of hydrogen-bond acceptors (Lipinski definition) is 5. The van der Waals surface area contributed by atoms with Crippen LogP contribution in [0.25, 0.3) is 16.6 Å². The summed E-state index contributed by atoms with van der Waals surface area (Å²) in [5.41, 5.74) is 0.690. The molecule has 2 aromatic carbocycles. The molecule has 0 saturated heterocycles. The van der Waals surface area contributed by atoms with Gasteiger partial charge in [0.05, 0.1) is 15.5 Å². The van der Waals surface area contributed by atoms with Gasteiger partial charge in [-0.25, -0.2) is 4.68 Å². The number of fused-ring (bicyclic) bond motifs is 1. The molecule has 1 heterocycles. The lowest BCUT2D eigenvalue weighted by Gasteiger charge is -2.06. The van der Waals surface area contributed by atoms with Crippen LogP contribution in [0.2, 0.25) is 5.02 Å². The zero-order valence-corrected chi connectivity index (χ0v) is 11.2. The molecule has 8 heteroatoms. The van der Waals surface area contributed by atoms with Crippen molar-refractivity contribution in [1.82, 2.24) is 9.78 Å². The molecule has 7 nitrogen and oxygen atoms in total. The molecule has 0 aliphatic heterocycles. The average Bonchev–Trinajstić information content (AvgIpc) is 2.85. The van der Waals surface area contributed by atoms with E-state index in [0.717, 1.165) is 0 Å². The fourth-order valence-electron chi connectivity index (χ4n) is 1.97. The second-order valence-electron chi connectivity index (χ2n) is 4.37. The highest BCUT2D eigenvalue weighted by Gasteiger charge is 2.13. The minimum Gasteiger partial charge on any atom is -0.506 e. The number of benzene rings is 2. The summed E-state index contributed by atoms with van der Waals surface area (Å²) in [6.07, 6.45) is 1.52. The predicted molar refractivity (Wildman–Crippen MR) is 76.1 cm³/mol. The fraction of sp³-hybridized carbons (Fsp3) is 0. The molecule has 2 N–H and O–H groups in total. The molecule has 0 aliphatic carbocycles. The number of nitro groups is 1.